The van der Waals surface area contributed by atoms with Crippen molar-refractivity contribution in [1.82, 2.24) is 0 Å². The Kier molecular flexibility index (Phi) is 6.83. The van der Waals surface area contributed by atoms with Crippen molar-refractivity contribution in [3.63, 3.8) is 0 Å². The van der Waals surface area contributed by atoms with Crippen LogP contribution < -0.4 is 14.2 Å². The summed E-state index contributed by atoms with van der Waals surface area (Å²) in [5, 5.41) is 20.6. The van der Waals surface area contributed by atoms with Crippen molar-refractivity contribution in [2.24, 2.45) is 0 Å². The highest BCUT2D eigenvalue weighted by Gasteiger charge is 2.16. The third-order valence-electron chi connectivity index (χ3n) is 4.51. The van der Waals surface area contributed by atoms with Crippen LogP contribution >= 0.6 is 0 Å². The molecule has 3 aromatic carbocycles. The van der Waals surface area contributed by atoms with E-state index < -0.39 is 10.9 Å². The molecule has 0 aliphatic heterocycles. The first-order chi connectivity index (χ1) is 15.5. The van der Waals surface area contributed by atoms with Crippen molar-refractivity contribution in [2.45, 2.75) is 0 Å². The molecule has 0 radical (unpaired) electrons. The van der Waals surface area contributed by atoms with Crippen LogP contribution in [-0.4, -0.2) is 25.1 Å². The number of esters is 1. The van der Waals surface area contributed by atoms with Gasteiger partial charge in [0, 0.05) is 17.7 Å². The number of allylic oxidation sites excluding steroid dienone is 1. The van der Waals surface area contributed by atoms with Gasteiger partial charge in [0.15, 0.2) is 11.5 Å². The summed E-state index contributed by atoms with van der Waals surface area (Å²) in [6.07, 6.45) is 1.66. The molecule has 8 nitrogen and oxygen atoms in total. The molecule has 0 saturated carbocycles. The Bertz CT molecular complexity index is 1240. The van der Waals surface area contributed by atoms with Crippen LogP contribution in [0, 0.1) is 21.4 Å². The number of nitrogens with zero attached hydrogens (tertiary/aromatic N) is 2. The number of non-ortho nitro benzene ring substituents is 1. The molecule has 32 heavy (non-hydrogen) atoms. The van der Waals surface area contributed by atoms with Crippen LogP contribution in [-0.2, 0) is 0 Å². The van der Waals surface area contributed by atoms with Crippen molar-refractivity contribution in [3.8, 4) is 23.3 Å². The summed E-state index contributed by atoms with van der Waals surface area (Å²) < 4.78 is 16.0. The van der Waals surface area contributed by atoms with E-state index in [4.69, 9.17) is 14.2 Å². The zero-order chi connectivity index (χ0) is 23.1. The molecule has 0 unspecified atom stereocenters. The average molecular weight is 430 g/mol. The molecule has 0 spiro atoms. The molecule has 3 rings (SSSR count). The number of nitriles is 1. The van der Waals surface area contributed by atoms with Gasteiger partial charge in [-0.3, -0.25) is 10.1 Å². The quantitative estimate of drug-likeness (QED) is 0.131. The largest absolute Gasteiger partial charge is 0.496 e. The Balaban J connectivity index is 1.90. The fraction of sp³-hybridized carbons (Fsp3) is 0.0833. The van der Waals surface area contributed by atoms with E-state index in [-0.39, 0.29) is 22.7 Å². The maximum Gasteiger partial charge on any atom is 0.343 e. The lowest BCUT2D eigenvalue weighted by atomic mass is 10.0. The van der Waals surface area contributed by atoms with Gasteiger partial charge in [-0.25, -0.2) is 4.79 Å². The monoisotopic (exact) mass is 430 g/mol. The Labute approximate surface area is 184 Å². The lowest BCUT2D eigenvalue weighted by Gasteiger charge is -2.11. The zero-order valence-electron chi connectivity index (χ0n) is 17.3. The first kappa shape index (κ1) is 22.1. The Morgan fingerprint density at radius 1 is 0.969 bits per heavy atom. The van der Waals surface area contributed by atoms with Crippen LogP contribution in [0.1, 0.15) is 21.5 Å². The highest BCUT2D eigenvalue weighted by Crippen LogP contribution is 2.32. The molecule has 0 amide bonds. The van der Waals surface area contributed by atoms with Crippen LogP contribution in [0.25, 0.3) is 11.6 Å². The molecular formula is C24H18N2O6. The zero-order valence-corrected chi connectivity index (χ0v) is 17.3. The van der Waals surface area contributed by atoms with Gasteiger partial charge < -0.3 is 14.2 Å². The first-order valence-electron chi connectivity index (χ1n) is 9.36. The predicted octanol–water partition coefficient (Wildman–Crippen LogP) is 4.90. The smallest absolute Gasteiger partial charge is 0.343 e. The molecule has 160 valence electrons. The number of nitro benzene ring substituents is 1. The van der Waals surface area contributed by atoms with Gasteiger partial charge in [-0.1, -0.05) is 24.3 Å². The number of ether oxygens (including phenoxy) is 3. The number of para-hydroxylation sites is 1. The van der Waals surface area contributed by atoms with Crippen LogP contribution in [0.5, 0.6) is 17.2 Å². The van der Waals surface area contributed by atoms with Gasteiger partial charge in [0.1, 0.15) is 5.75 Å². The molecule has 0 saturated heterocycles. The van der Waals surface area contributed by atoms with E-state index in [1.807, 2.05) is 6.07 Å². The standard InChI is InChI=1S/C24H18N2O6/c1-30-21-9-4-3-8-20(21)18(15-25)12-16-10-11-22(23(13-16)31-2)32-24(27)17-6-5-7-19(14-17)26(28)29/h3-14H,1-2H3/b18-12-. The van der Waals surface area contributed by atoms with Gasteiger partial charge in [0.25, 0.3) is 5.69 Å². The maximum absolute atomic E-state index is 12.5. The van der Waals surface area contributed by atoms with Crippen molar-refractivity contribution in [1.29, 1.82) is 5.26 Å². The average Bonchev–Trinajstić information content (AvgIpc) is 2.83. The minimum absolute atomic E-state index is 0.0353. The summed E-state index contributed by atoms with van der Waals surface area (Å²) in [5.41, 5.74) is 1.48. The number of hydrogen-bond acceptors (Lipinski definition) is 7. The number of carbonyl (C=O) groups excluding carboxylic acids is 1. The third kappa shape index (κ3) is 4.91. The van der Waals surface area contributed by atoms with Crippen LogP contribution in [0.3, 0.4) is 0 Å². The SMILES string of the molecule is COc1cc(/C=C(/C#N)c2ccccc2OC)ccc1OC(=O)c1cccc([N+](=O)[O-])c1. The summed E-state index contributed by atoms with van der Waals surface area (Å²) in [4.78, 5) is 22.8. The van der Waals surface area contributed by atoms with Gasteiger partial charge in [-0.05, 0) is 42.0 Å². The predicted molar refractivity (Wildman–Crippen MR) is 118 cm³/mol. The Morgan fingerprint density at radius 2 is 1.72 bits per heavy atom. The molecule has 0 atom stereocenters. The summed E-state index contributed by atoms with van der Waals surface area (Å²) in [6.45, 7) is 0. The summed E-state index contributed by atoms with van der Waals surface area (Å²) >= 11 is 0. The highest BCUT2D eigenvalue weighted by molar-refractivity contribution is 5.93. The third-order valence-corrected chi connectivity index (χ3v) is 4.51. The Morgan fingerprint density at radius 3 is 2.41 bits per heavy atom. The molecule has 0 heterocycles. The van der Waals surface area contributed by atoms with Gasteiger partial charge in [0.05, 0.1) is 36.3 Å². The molecule has 0 N–H and O–H groups in total. The lowest BCUT2D eigenvalue weighted by Crippen LogP contribution is -2.09. The second-order valence-corrected chi connectivity index (χ2v) is 6.48. The van der Waals surface area contributed by atoms with E-state index in [9.17, 15) is 20.2 Å². The Hall–Kier alpha value is -4.64. The second-order valence-electron chi connectivity index (χ2n) is 6.48. The lowest BCUT2D eigenvalue weighted by molar-refractivity contribution is -0.384. The van der Waals surface area contributed by atoms with Gasteiger partial charge >= 0.3 is 5.97 Å². The van der Waals surface area contributed by atoms with Crippen LogP contribution in [0.4, 0.5) is 5.69 Å². The molecular weight excluding hydrogens is 412 g/mol. The van der Waals surface area contributed by atoms with Crippen LogP contribution in [0.15, 0.2) is 66.7 Å². The van der Waals surface area contributed by atoms with Crippen LogP contribution in [0.2, 0.25) is 0 Å². The van der Waals surface area contributed by atoms with Gasteiger partial charge in [-0.2, -0.15) is 5.26 Å². The topological polar surface area (TPSA) is 112 Å². The number of rotatable bonds is 7. The maximum atomic E-state index is 12.5. The fourth-order valence-corrected chi connectivity index (χ4v) is 2.97. The second kappa shape index (κ2) is 9.91. The van der Waals surface area contributed by atoms with Crippen molar-refractivity contribution >= 4 is 23.3 Å². The molecule has 0 aliphatic carbocycles. The molecule has 0 aliphatic rings. The van der Waals surface area contributed by atoms with E-state index in [2.05, 4.69) is 6.07 Å². The van der Waals surface area contributed by atoms with E-state index in [1.54, 1.807) is 36.4 Å². The molecule has 0 bridgehead atoms. The minimum Gasteiger partial charge on any atom is -0.496 e. The normalized spacial score (nSPS) is 10.7. The van der Waals surface area contributed by atoms with Crippen molar-refractivity contribution < 1.29 is 23.9 Å². The van der Waals surface area contributed by atoms with Gasteiger partial charge in [0.2, 0.25) is 0 Å². The number of benzene rings is 3. The first-order valence-corrected chi connectivity index (χ1v) is 9.36. The van der Waals surface area contributed by atoms with E-state index in [1.165, 1.54) is 38.5 Å². The summed E-state index contributed by atoms with van der Waals surface area (Å²) in [6, 6.07) is 19.4. The summed E-state index contributed by atoms with van der Waals surface area (Å²) in [5.74, 6) is 0.198. The molecule has 8 heteroatoms. The number of carbonyl (C=O) groups is 1. The molecule has 3 aromatic rings. The minimum atomic E-state index is -0.762. The number of methoxy groups -OCH3 is 2. The van der Waals surface area contributed by atoms with Crippen molar-refractivity contribution in [3.05, 3.63) is 93.5 Å². The molecule has 0 fully saturated rings. The molecule has 0 aromatic heterocycles. The van der Waals surface area contributed by atoms with E-state index in [0.717, 1.165) is 6.07 Å². The number of hydrogen-bond donors (Lipinski definition) is 0. The summed E-state index contributed by atoms with van der Waals surface area (Å²) in [7, 11) is 2.94. The fourth-order valence-electron chi connectivity index (χ4n) is 2.97. The number of nitro groups is 1. The highest BCUT2D eigenvalue weighted by atomic mass is 16.6. The van der Waals surface area contributed by atoms with E-state index in [0.29, 0.717) is 22.4 Å². The van der Waals surface area contributed by atoms with Crippen molar-refractivity contribution in [2.75, 3.05) is 14.2 Å². The van der Waals surface area contributed by atoms with E-state index >= 15 is 0 Å². The van der Waals surface area contributed by atoms with Gasteiger partial charge in [-0.15, -0.1) is 0 Å².